The summed E-state index contributed by atoms with van der Waals surface area (Å²) in [6, 6.07) is 10.9. The minimum absolute atomic E-state index is 0.0125. The zero-order valence-corrected chi connectivity index (χ0v) is 17.2. The normalized spacial score (nSPS) is 10.7. The lowest BCUT2D eigenvalue weighted by atomic mass is 10.0. The van der Waals surface area contributed by atoms with E-state index in [1.165, 1.54) is 0 Å². The van der Waals surface area contributed by atoms with E-state index in [0.717, 1.165) is 30.6 Å². The molecular weight excluding hydrogens is 384 g/mol. The number of phenols is 1. The van der Waals surface area contributed by atoms with Gasteiger partial charge in [-0.05, 0) is 67.8 Å². The predicted molar refractivity (Wildman–Crippen MR) is 112 cm³/mol. The SMILES string of the molecule is CCCC(=O)c1ccc(OCCCCOc2ccc(-c3nn[nH]n3)cc2)c(C)c1O. The molecular formula is C22H26N4O4. The van der Waals surface area contributed by atoms with E-state index < -0.39 is 0 Å². The number of nitrogens with one attached hydrogen (secondary N) is 1. The molecule has 3 rings (SSSR count). The highest BCUT2D eigenvalue weighted by Gasteiger charge is 2.15. The zero-order valence-electron chi connectivity index (χ0n) is 17.2. The number of Topliss-reactive ketones (excluding diaryl/α,β-unsaturated/α-hetero) is 1. The van der Waals surface area contributed by atoms with Gasteiger partial charge >= 0.3 is 0 Å². The molecule has 0 saturated carbocycles. The van der Waals surface area contributed by atoms with Crippen molar-refractivity contribution in [1.29, 1.82) is 0 Å². The number of ether oxygens (including phenoxy) is 2. The number of tetrazole rings is 1. The maximum Gasteiger partial charge on any atom is 0.204 e. The monoisotopic (exact) mass is 410 g/mol. The molecule has 158 valence electrons. The molecule has 2 N–H and O–H groups in total. The molecule has 8 heteroatoms. The van der Waals surface area contributed by atoms with Gasteiger partial charge in [0.05, 0.1) is 18.8 Å². The Bertz CT molecular complexity index is 956. The molecule has 8 nitrogen and oxygen atoms in total. The van der Waals surface area contributed by atoms with Crippen LogP contribution in [0.4, 0.5) is 0 Å². The van der Waals surface area contributed by atoms with E-state index in [1.807, 2.05) is 31.2 Å². The number of hydrogen-bond acceptors (Lipinski definition) is 7. The molecule has 0 aliphatic rings. The quantitative estimate of drug-likeness (QED) is 0.362. The summed E-state index contributed by atoms with van der Waals surface area (Å²) in [6.07, 6.45) is 2.80. The summed E-state index contributed by atoms with van der Waals surface area (Å²) in [5.41, 5.74) is 1.82. The van der Waals surface area contributed by atoms with Crippen LogP contribution in [-0.4, -0.2) is 44.7 Å². The highest BCUT2D eigenvalue weighted by molar-refractivity contribution is 5.99. The number of aromatic hydroxyl groups is 1. The number of rotatable bonds is 11. The number of carbonyl (C=O) groups is 1. The number of hydrogen-bond donors (Lipinski definition) is 2. The van der Waals surface area contributed by atoms with E-state index in [9.17, 15) is 9.90 Å². The van der Waals surface area contributed by atoms with Gasteiger partial charge < -0.3 is 14.6 Å². The molecule has 30 heavy (non-hydrogen) atoms. The summed E-state index contributed by atoms with van der Waals surface area (Å²) in [6.45, 7) is 4.77. The second-order valence-electron chi connectivity index (χ2n) is 6.92. The van der Waals surface area contributed by atoms with E-state index in [2.05, 4.69) is 20.6 Å². The number of ketones is 1. The Balaban J connectivity index is 1.40. The Hall–Kier alpha value is -3.42. The molecule has 0 fully saturated rings. The smallest absolute Gasteiger partial charge is 0.204 e. The lowest BCUT2D eigenvalue weighted by Gasteiger charge is -2.13. The number of unbranched alkanes of at least 4 members (excludes halogenated alkanes) is 1. The van der Waals surface area contributed by atoms with Crippen molar-refractivity contribution in [3.63, 3.8) is 0 Å². The Morgan fingerprint density at radius 3 is 2.47 bits per heavy atom. The van der Waals surface area contributed by atoms with Crippen molar-refractivity contribution >= 4 is 5.78 Å². The average molecular weight is 410 g/mol. The highest BCUT2D eigenvalue weighted by Crippen LogP contribution is 2.31. The minimum Gasteiger partial charge on any atom is -0.507 e. The van der Waals surface area contributed by atoms with Crippen LogP contribution in [0.15, 0.2) is 36.4 Å². The predicted octanol–water partition coefficient (Wildman–Crippen LogP) is 4.10. The van der Waals surface area contributed by atoms with Crippen LogP contribution in [0.3, 0.4) is 0 Å². The van der Waals surface area contributed by atoms with Crippen molar-refractivity contribution in [3.05, 3.63) is 47.5 Å². The number of H-pyrrole nitrogens is 1. The van der Waals surface area contributed by atoms with Gasteiger partial charge in [-0.15, -0.1) is 10.2 Å². The van der Waals surface area contributed by atoms with Crippen LogP contribution in [-0.2, 0) is 0 Å². The standard InChI is InChI=1S/C22H26N4O4/c1-3-6-19(27)18-11-12-20(15(2)21(18)28)30-14-5-4-13-29-17-9-7-16(8-10-17)22-23-25-26-24-22/h7-12,28H,3-6,13-14H2,1-2H3,(H,23,24,25,26). The Morgan fingerprint density at radius 1 is 1.07 bits per heavy atom. The lowest BCUT2D eigenvalue weighted by Crippen LogP contribution is -2.05. The van der Waals surface area contributed by atoms with E-state index in [0.29, 0.717) is 42.3 Å². The second-order valence-corrected chi connectivity index (χ2v) is 6.92. The summed E-state index contributed by atoms with van der Waals surface area (Å²) in [7, 11) is 0. The van der Waals surface area contributed by atoms with Gasteiger partial charge in [0.25, 0.3) is 0 Å². The molecule has 0 spiro atoms. The van der Waals surface area contributed by atoms with Crippen molar-refractivity contribution in [2.75, 3.05) is 13.2 Å². The maximum atomic E-state index is 12.0. The molecule has 0 saturated heterocycles. The summed E-state index contributed by atoms with van der Waals surface area (Å²) < 4.78 is 11.5. The number of nitrogens with zero attached hydrogens (tertiary/aromatic N) is 3. The first-order chi connectivity index (χ1) is 14.6. The van der Waals surface area contributed by atoms with Gasteiger partial charge in [0.2, 0.25) is 5.82 Å². The summed E-state index contributed by atoms with van der Waals surface area (Å²) >= 11 is 0. The lowest BCUT2D eigenvalue weighted by molar-refractivity contribution is 0.0979. The number of aromatic nitrogens is 4. The topological polar surface area (TPSA) is 110 Å². The van der Waals surface area contributed by atoms with Crippen molar-refractivity contribution in [2.24, 2.45) is 0 Å². The van der Waals surface area contributed by atoms with E-state index in [4.69, 9.17) is 9.47 Å². The van der Waals surface area contributed by atoms with Crippen molar-refractivity contribution < 1.29 is 19.4 Å². The number of phenolic OH excluding ortho intramolecular Hbond substituents is 1. The van der Waals surface area contributed by atoms with Gasteiger partial charge in [0.1, 0.15) is 17.2 Å². The van der Waals surface area contributed by atoms with Crippen LogP contribution >= 0.6 is 0 Å². The third-order valence-corrected chi connectivity index (χ3v) is 4.68. The van der Waals surface area contributed by atoms with Gasteiger partial charge in [-0.1, -0.05) is 6.92 Å². The molecule has 0 atom stereocenters. The van der Waals surface area contributed by atoms with E-state index >= 15 is 0 Å². The molecule has 0 unspecified atom stereocenters. The molecule has 1 aromatic heterocycles. The van der Waals surface area contributed by atoms with E-state index in [1.54, 1.807) is 19.1 Å². The third-order valence-electron chi connectivity index (χ3n) is 4.68. The number of benzene rings is 2. The van der Waals surface area contributed by atoms with Crippen LogP contribution in [0.5, 0.6) is 17.2 Å². The maximum absolute atomic E-state index is 12.0. The largest absolute Gasteiger partial charge is 0.507 e. The zero-order chi connectivity index (χ0) is 21.3. The minimum atomic E-state index is -0.0490. The van der Waals surface area contributed by atoms with Crippen molar-refractivity contribution in [1.82, 2.24) is 20.6 Å². The molecule has 3 aromatic rings. The fourth-order valence-electron chi connectivity index (χ4n) is 2.99. The fraction of sp³-hybridized carbons (Fsp3) is 0.364. The Labute approximate surface area is 175 Å². The molecule has 0 amide bonds. The van der Waals surface area contributed by atoms with Crippen LogP contribution in [0.25, 0.3) is 11.4 Å². The van der Waals surface area contributed by atoms with Gasteiger partial charge in [0, 0.05) is 17.5 Å². The summed E-state index contributed by atoms with van der Waals surface area (Å²) in [4.78, 5) is 12.0. The first kappa shape index (κ1) is 21.3. The molecule has 0 bridgehead atoms. The fourth-order valence-corrected chi connectivity index (χ4v) is 2.99. The molecule has 0 aliphatic carbocycles. The Morgan fingerprint density at radius 2 is 1.80 bits per heavy atom. The summed E-state index contributed by atoms with van der Waals surface area (Å²) in [5.74, 6) is 1.88. The number of carbonyl (C=O) groups excluding carboxylic acids is 1. The second kappa shape index (κ2) is 10.4. The summed E-state index contributed by atoms with van der Waals surface area (Å²) in [5, 5.41) is 24.1. The van der Waals surface area contributed by atoms with Crippen LogP contribution in [0.1, 0.15) is 48.5 Å². The van der Waals surface area contributed by atoms with Gasteiger partial charge in [0.15, 0.2) is 5.78 Å². The van der Waals surface area contributed by atoms with Gasteiger partial charge in [-0.2, -0.15) is 5.21 Å². The third kappa shape index (κ3) is 5.34. The van der Waals surface area contributed by atoms with E-state index in [-0.39, 0.29) is 11.5 Å². The molecule has 2 aromatic carbocycles. The van der Waals surface area contributed by atoms with Crippen LogP contribution in [0, 0.1) is 6.92 Å². The van der Waals surface area contributed by atoms with Gasteiger partial charge in [-0.25, -0.2) is 0 Å². The van der Waals surface area contributed by atoms with Crippen molar-refractivity contribution in [2.45, 2.75) is 39.5 Å². The van der Waals surface area contributed by atoms with Crippen molar-refractivity contribution in [3.8, 4) is 28.6 Å². The average Bonchev–Trinajstić information content (AvgIpc) is 3.29. The Kier molecular flexibility index (Phi) is 7.37. The highest BCUT2D eigenvalue weighted by atomic mass is 16.5. The first-order valence-corrected chi connectivity index (χ1v) is 10.1. The van der Waals surface area contributed by atoms with Crippen LogP contribution in [0.2, 0.25) is 0 Å². The van der Waals surface area contributed by atoms with Crippen LogP contribution < -0.4 is 9.47 Å². The first-order valence-electron chi connectivity index (χ1n) is 10.1. The molecule has 0 aliphatic heterocycles. The molecule has 0 radical (unpaired) electrons. The number of aromatic amines is 1. The van der Waals surface area contributed by atoms with Gasteiger partial charge in [-0.3, -0.25) is 4.79 Å². The molecule has 1 heterocycles.